The lowest BCUT2D eigenvalue weighted by molar-refractivity contribution is -0.171. The highest BCUT2D eigenvalue weighted by Gasteiger charge is 2.48. The lowest BCUT2D eigenvalue weighted by Gasteiger charge is -2.38. The quantitative estimate of drug-likeness (QED) is 0.841. The van der Waals surface area contributed by atoms with E-state index in [2.05, 4.69) is 15.4 Å². The molecule has 2 unspecified atom stereocenters. The first-order valence-electron chi connectivity index (χ1n) is 7.46. The molecule has 0 fully saturated rings. The van der Waals surface area contributed by atoms with Crippen LogP contribution in [-0.2, 0) is 15.3 Å². The van der Waals surface area contributed by atoms with Gasteiger partial charge in [0.2, 0.25) is 0 Å². The van der Waals surface area contributed by atoms with Gasteiger partial charge < -0.3 is 10.2 Å². The van der Waals surface area contributed by atoms with E-state index < -0.39 is 5.72 Å². The molecule has 1 aliphatic heterocycles. The molecule has 1 aromatic carbocycles. The summed E-state index contributed by atoms with van der Waals surface area (Å²) in [6.07, 6.45) is 5.03. The van der Waals surface area contributed by atoms with E-state index in [1.807, 2.05) is 43.1 Å². The van der Waals surface area contributed by atoms with Crippen LogP contribution in [0.15, 0.2) is 54.5 Å². The smallest absolute Gasteiger partial charge is 0.295 e. The molecule has 6 nitrogen and oxygen atoms in total. The zero-order valence-electron chi connectivity index (χ0n) is 13.3. The van der Waals surface area contributed by atoms with E-state index in [4.69, 9.17) is 16.3 Å². The van der Waals surface area contributed by atoms with Gasteiger partial charge >= 0.3 is 0 Å². The summed E-state index contributed by atoms with van der Waals surface area (Å²) in [6.45, 7) is 4.30. The fraction of sp³-hybridized carbons (Fsp3) is 0.235. The number of nitrogens with one attached hydrogen (secondary N) is 1. The van der Waals surface area contributed by atoms with Crippen LogP contribution in [0.4, 0.5) is 0 Å². The number of hydrogen-bond acceptors (Lipinski definition) is 6. The minimum atomic E-state index is -1.22. The molecule has 2 heterocycles. The van der Waals surface area contributed by atoms with Crippen molar-refractivity contribution in [2.75, 3.05) is 0 Å². The monoisotopic (exact) mass is 344 g/mol. The second-order valence-corrected chi connectivity index (χ2v) is 5.96. The summed E-state index contributed by atoms with van der Waals surface area (Å²) in [5, 5.41) is 2.48. The highest BCUT2D eigenvalue weighted by Crippen LogP contribution is 2.39. The molecule has 7 heteroatoms. The number of benzene rings is 1. The highest BCUT2D eigenvalue weighted by molar-refractivity contribution is 6.30. The zero-order chi connectivity index (χ0) is 17.2. The van der Waals surface area contributed by atoms with Crippen molar-refractivity contribution < 1.29 is 9.53 Å². The molecule has 0 spiro atoms. The van der Waals surface area contributed by atoms with Crippen LogP contribution in [-0.4, -0.2) is 21.4 Å². The van der Waals surface area contributed by atoms with Crippen LogP contribution in [0.25, 0.3) is 0 Å². The summed E-state index contributed by atoms with van der Waals surface area (Å²) in [5.41, 5.74) is 3.86. The minimum absolute atomic E-state index is 0.139. The van der Waals surface area contributed by atoms with Crippen LogP contribution in [0.1, 0.15) is 31.3 Å². The van der Waals surface area contributed by atoms with Crippen LogP contribution in [0.2, 0.25) is 5.02 Å². The maximum Gasteiger partial charge on any atom is 0.295 e. The van der Waals surface area contributed by atoms with Gasteiger partial charge in [0.25, 0.3) is 12.2 Å². The Morgan fingerprint density at radius 3 is 2.58 bits per heavy atom. The van der Waals surface area contributed by atoms with Crippen molar-refractivity contribution in [3.63, 3.8) is 0 Å². The highest BCUT2D eigenvalue weighted by atomic mass is 35.5. The van der Waals surface area contributed by atoms with Crippen LogP contribution in [0, 0.1) is 0 Å². The fourth-order valence-electron chi connectivity index (χ4n) is 2.82. The molecular formula is C17H17ClN4O2. The molecule has 0 aliphatic carbocycles. The maximum absolute atomic E-state index is 11.2. The van der Waals surface area contributed by atoms with Crippen LogP contribution >= 0.6 is 11.6 Å². The van der Waals surface area contributed by atoms with Crippen molar-refractivity contribution in [2.45, 2.75) is 25.6 Å². The third-order valence-electron chi connectivity index (χ3n) is 3.92. The first kappa shape index (κ1) is 16.4. The third-order valence-corrected chi connectivity index (χ3v) is 4.17. The molecule has 0 amide bonds. The summed E-state index contributed by atoms with van der Waals surface area (Å²) in [6, 6.07) is 9.08. The Balaban J connectivity index is 2.05. The topological polar surface area (TPSA) is 67.3 Å². The molecular weight excluding hydrogens is 328 g/mol. The van der Waals surface area contributed by atoms with E-state index in [9.17, 15) is 4.79 Å². The number of halogens is 1. The molecule has 0 saturated carbocycles. The Labute approximate surface area is 145 Å². The van der Waals surface area contributed by atoms with E-state index in [1.165, 1.54) is 0 Å². The Morgan fingerprint density at radius 2 is 1.96 bits per heavy atom. The van der Waals surface area contributed by atoms with Gasteiger partial charge in [-0.3, -0.25) is 4.79 Å². The van der Waals surface area contributed by atoms with E-state index >= 15 is 0 Å². The number of carbonyl (C=O) groups excluding carboxylic acids is 1. The van der Waals surface area contributed by atoms with Crippen LogP contribution in [0.5, 0.6) is 0 Å². The van der Waals surface area contributed by atoms with Gasteiger partial charge in [-0.25, -0.2) is 9.97 Å². The van der Waals surface area contributed by atoms with Gasteiger partial charge in [-0.2, -0.15) is 5.01 Å². The van der Waals surface area contributed by atoms with Gasteiger partial charge in [0, 0.05) is 29.2 Å². The second kappa shape index (κ2) is 6.59. The maximum atomic E-state index is 11.2. The van der Waals surface area contributed by atoms with Crippen LogP contribution < -0.4 is 5.43 Å². The van der Waals surface area contributed by atoms with E-state index in [-0.39, 0.29) is 6.04 Å². The van der Waals surface area contributed by atoms with Crippen molar-refractivity contribution in [1.29, 1.82) is 0 Å². The Kier molecular flexibility index (Phi) is 4.51. The van der Waals surface area contributed by atoms with Crippen LogP contribution in [0.3, 0.4) is 0 Å². The molecule has 0 saturated heterocycles. The standard InChI is InChI=1S/C17H17ClN4O2/c1-12-10-17(24-11-23,16-19-8-3-9-20-16)22(21-12)13(2)14-4-6-15(18)7-5-14/h3-11,13,21H,1-2H3. The van der Waals surface area contributed by atoms with Gasteiger partial charge in [-0.05, 0) is 37.6 Å². The molecule has 3 rings (SSSR count). The SMILES string of the molecule is CC1=CC(OC=O)(c2ncccn2)N(C(C)c2ccc(Cl)cc2)N1. The lowest BCUT2D eigenvalue weighted by Crippen LogP contribution is -2.50. The minimum Gasteiger partial charge on any atom is -0.432 e. The van der Waals surface area contributed by atoms with Gasteiger partial charge in [-0.1, -0.05) is 23.7 Å². The van der Waals surface area contributed by atoms with Gasteiger partial charge in [0.05, 0.1) is 6.04 Å². The van der Waals surface area contributed by atoms with Gasteiger partial charge in [-0.15, -0.1) is 0 Å². The van der Waals surface area contributed by atoms with Crippen molar-refractivity contribution >= 4 is 18.1 Å². The molecule has 0 bridgehead atoms. The fourth-order valence-corrected chi connectivity index (χ4v) is 2.94. The summed E-state index contributed by atoms with van der Waals surface area (Å²) in [7, 11) is 0. The van der Waals surface area contributed by atoms with Crippen molar-refractivity contribution in [3.05, 3.63) is 70.9 Å². The number of rotatable bonds is 5. The van der Waals surface area contributed by atoms with E-state index in [1.54, 1.807) is 24.5 Å². The lowest BCUT2D eigenvalue weighted by atomic mass is 10.0. The molecule has 24 heavy (non-hydrogen) atoms. The molecule has 2 atom stereocenters. The normalized spacial score (nSPS) is 21.7. The summed E-state index contributed by atoms with van der Waals surface area (Å²) >= 11 is 5.97. The number of aromatic nitrogens is 2. The number of nitrogens with zero attached hydrogens (tertiary/aromatic N) is 3. The summed E-state index contributed by atoms with van der Waals surface area (Å²) in [5.74, 6) is 0.377. The Hall–Kier alpha value is -2.44. The largest absolute Gasteiger partial charge is 0.432 e. The van der Waals surface area contributed by atoms with Crippen molar-refractivity contribution in [2.24, 2.45) is 0 Å². The first-order chi connectivity index (χ1) is 11.6. The number of ether oxygens (including phenoxy) is 1. The summed E-state index contributed by atoms with van der Waals surface area (Å²) in [4.78, 5) is 19.8. The predicted octanol–water partition coefficient (Wildman–Crippen LogP) is 2.94. The molecule has 1 N–H and O–H groups in total. The number of carbonyl (C=O) groups is 1. The second-order valence-electron chi connectivity index (χ2n) is 5.52. The number of hydrazine groups is 1. The molecule has 2 aromatic rings. The van der Waals surface area contributed by atoms with E-state index in [0.717, 1.165) is 11.3 Å². The van der Waals surface area contributed by atoms with Crippen molar-refractivity contribution in [3.8, 4) is 0 Å². The van der Waals surface area contributed by atoms with Crippen molar-refractivity contribution in [1.82, 2.24) is 20.4 Å². The van der Waals surface area contributed by atoms with Gasteiger partial charge in [0.15, 0.2) is 5.82 Å². The molecule has 0 radical (unpaired) electrons. The molecule has 1 aliphatic rings. The average molecular weight is 345 g/mol. The average Bonchev–Trinajstić information content (AvgIpc) is 2.93. The van der Waals surface area contributed by atoms with Gasteiger partial charge in [0.1, 0.15) is 0 Å². The predicted molar refractivity (Wildman–Crippen MR) is 89.5 cm³/mol. The molecule has 1 aromatic heterocycles. The molecule has 124 valence electrons. The third kappa shape index (κ3) is 2.86. The number of hydrogen-bond donors (Lipinski definition) is 1. The summed E-state index contributed by atoms with van der Waals surface area (Å²) < 4.78 is 5.48. The first-order valence-corrected chi connectivity index (χ1v) is 7.84. The Bertz CT molecular complexity index is 751. The van der Waals surface area contributed by atoms with E-state index in [0.29, 0.717) is 17.3 Å². The zero-order valence-corrected chi connectivity index (χ0v) is 14.1. The number of allylic oxidation sites excluding steroid dienone is 1. The Morgan fingerprint density at radius 1 is 1.29 bits per heavy atom.